The second-order valence-electron chi connectivity index (χ2n) is 5.68. The number of aromatic nitrogens is 5. The minimum absolute atomic E-state index is 0.241. The lowest BCUT2D eigenvalue weighted by molar-refractivity contribution is 0.0944. The van der Waals surface area contributed by atoms with Crippen LogP contribution in [0.1, 0.15) is 33.3 Å². The quantitative estimate of drug-likeness (QED) is 0.758. The Labute approximate surface area is 150 Å². The Morgan fingerprint density at radius 2 is 1.84 bits per heavy atom. The summed E-state index contributed by atoms with van der Waals surface area (Å²) in [5, 5.41) is 11.3. The molecule has 128 valence electrons. The van der Waals surface area contributed by atoms with Crippen LogP contribution < -0.4 is 5.32 Å². The van der Waals surface area contributed by atoms with Gasteiger partial charge in [-0.1, -0.05) is 28.9 Å². The highest BCUT2D eigenvalue weighted by molar-refractivity contribution is 6.30. The van der Waals surface area contributed by atoms with Gasteiger partial charge in [-0.3, -0.25) is 4.79 Å². The summed E-state index contributed by atoms with van der Waals surface area (Å²) in [7, 11) is 0. The third-order valence-corrected chi connectivity index (χ3v) is 3.72. The normalized spacial score (nSPS) is 10.7. The first-order valence-electron chi connectivity index (χ1n) is 7.73. The molecule has 0 aliphatic carbocycles. The van der Waals surface area contributed by atoms with Crippen LogP contribution >= 0.6 is 11.6 Å². The van der Waals surface area contributed by atoms with Gasteiger partial charge in [0.2, 0.25) is 0 Å². The summed E-state index contributed by atoms with van der Waals surface area (Å²) in [6.45, 7) is 4.54. The first-order valence-corrected chi connectivity index (χ1v) is 8.11. The second-order valence-corrected chi connectivity index (χ2v) is 6.11. The van der Waals surface area contributed by atoms with Gasteiger partial charge in [0.05, 0.1) is 19.3 Å². The monoisotopic (exact) mass is 356 g/mol. The van der Waals surface area contributed by atoms with Gasteiger partial charge >= 0.3 is 0 Å². The summed E-state index contributed by atoms with van der Waals surface area (Å²) in [5.74, 6) is 0.254. The van der Waals surface area contributed by atoms with Gasteiger partial charge in [0.25, 0.3) is 5.91 Å². The number of amides is 1. The fourth-order valence-corrected chi connectivity index (χ4v) is 2.51. The van der Waals surface area contributed by atoms with Crippen molar-refractivity contribution in [2.75, 3.05) is 0 Å². The minimum atomic E-state index is -0.315. The highest BCUT2D eigenvalue weighted by Gasteiger charge is 2.11. The van der Waals surface area contributed by atoms with Crippen molar-refractivity contribution in [2.24, 2.45) is 0 Å². The van der Waals surface area contributed by atoms with E-state index >= 15 is 0 Å². The van der Waals surface area contributed by atoms with Gasteiger partial charge in [-0.15, -0.1) is 5.10 Å². The molecule has 0 saturated heterocycles. The summed E-state index contributed by atoms with van der Waals surface area (Å²) in [5.41, 5.74) is 3.00. The molecule has 0 radical (unpaired) electrons. The number of halogens is 1. The van der Waals surface area contributed by atoms with E-state index in [-0.39, 0.29) is 18.1 Å². The molecule has 2 aromatic heterocycles. The first-order chi connectivity index (χ1) is 12.0. The van der Waals surface area contributed by atoms with Crippen LogP contribution in [0.4, 0.5) is 0 Å². The Hall–Kier alpha value is -2.80. The standard InChI is InChI=1S/C17H17ClN6O/c1-11-7-12(2)21-16(20-11)8-19-17(25)15-10-24(23-22-15)9-13-3-5-14(18)6-4-13/h3-7,10H,8-9H2,1-2H3,(H,19,25). The fourth-order valence-electron chi connectivity index (χ4n) is 2.38. The molecule has 7 nitrogen and oxygen atoms in total. The van der Waals surface area contributed by atoms with Crippen molar-refractivity contribution in [1.82, 2.24) is 30.3 Å². The zero-order valence-electron chi connectivity index (χ0n) is 13.9. The van der Waals surface area contributed by atoms with Crippen molar-refractivity contribution in [3.8, 4) is 0 Å². The second kappa shape index (κ2) is 7.40. The Bertz CT molecular complexity index is 870. The Kier molecular flexibility index (Phi) is 5.04. The van der Waals surface area contributed by atoms with Crippen LogP contribution in [0.15, 0.2) is 36.5 Å². The molecule has 3 rings (SSSR count). The topological polar surface area (TPSA) is 85.6 Å². The summed E-state index contributed by atoms with van der Waals surface area (Å²) in [6, 6.07) is 9.31. The van der Waals surface area contributed by atoms with Gasteiger partial charge < -0.3 is 5.32 Å². The van der Waals surface area contributed by atoms with E-state index < -0.39 is 0 Å². The van der Waals surface area contributed by atoms with Crippen LogP contribution in [-0.2, 0) is 13.1 Å². The van der Waals surface area contributed by atoms with Crippen LogP contribution in [-0.4, -0.2) is 30.9 Å². The molecule has 0 bridgehead atoms. The maximum Gasteiger partial charge on any atom is 0.273 e. The van der Waals surface area contributed by atoms with E-state index in [1.54, 1.807) is 10.9 Å². The smallest absolute Gasteiger partial charge is 0.273 e. The Balaban J connectivity index is 1.61. The number of benzene rings is 1. The van der Waals surface area contributed by atoms with Gasteiger partial charge in [-0.2, -0.15) is 0 Å². The van der Waals surface area contributed by atoms with E-state index in [1.807, 2.05) is 44.2 Å². The fraction of sp³-hybridized carbons (Fsp3) is 0.235. The average molecular weight is 357 g/mol. The molecule has 1 aromatic carbocycles. The molecule has 0 spiro atoms. The number of aryl methyl sites for hydroxylation is 2. The van der Waals surface area contributed by atoms with E-state index in [0.29, 0.717) is 17.4 Å². The van der Waals surface area contributed by atoms with E-state index in [9.17, 15) is 4.79 Å². The predicted molar refractivity (Wildman–Crippen MR) is 93.3 cm³/mol. The SMILES string of the molecule is Cc1cc(C)nc(CNC(=O)c2cn(Cc3ccc(Cl)cc3)nn2)n1. The lowest BCUT2D eigenvalue weighted by Crippen LogP contribution is -2.24. The maximum atomic E-state index is 12.2. The highest BCUT2D eigenvalue weighted by Crippen LogP contribution is 2.10. The maximum absolute atomic E-state index is 12.2. The molecule has 1 amide bonds. The Morgan fingerprint density at radius 1 is 1.16 bits per heavy atom. The molecule has 3 aromatic rings. The van der Waals surface area contributed by atoms with E-state index in [1.165, 1.54) is 0 Å². The number of nitrogens with one attached hydrogen (secondary N) is 1. The summed E-state index contributed by atoms with van der Waals surface area (Å²) >= 11 is 5.87. The molecule has 0 aliphatic heterocycles. The van der Waals surface area contributed by atoms with Crippen molar-refractivity contribution in [1.29, 1.82) is 0 Å². The molecule has 1 N–H and O–H groups in total. The third-order valence-electron chi connectivity index (χ3n) is 3.46. The minimum Gasteiger partial charge on any atom is -0.343 e. The van der Waals surface area contributed by atoms with E-state index in [2.05, 4.69) is 25.6 Å². The number of hydrogen-bond acceptors (Lipinski definition) is 5. The van der Waals surface area contributed by atoms with Gasteiger partial charge in [-0.25, -0.2) is 14.6 Å². The zero-order valence-corrected chi connectivity index (χ0v) is 14.7. The van der Waals surface area contributed by atoms with Crippen LogP contribution in [0.5, 0.6) is 0 Å². The highest BCUT2D eigenvalue weighted by atomic mass is 35.5. The number of hydrogen-bond donors (Lipinski definition) is 1. The van der Waals surface area contributed by atoms with Crippen molar-refractivity contribution in [2.45, 2.75) is 26.9 Å². The van der Waals surface area contributed by atoms with Crippen LogP contribution in [0.3, 0.4) is 0 Å². The molecule has 2 heterocycles. The van der Waals surface area contributed by atoms with Gasteiger partial charge in [-0.05, 0) is 37.6 Å². The Morgan fingerprint density at radius 3 is 2.52 bits per heavy atom. The predicted octanol–water partition coefficient (Wildman–Crippen LogP) is 2.32. The molecule has 25 heavy (non-hydrogen) atoms. The van der Waals surface area contributed by atoms with Crippen LogP contribution in [0, 0.1) is 13.8 Å². The molecular formula is C17H17ClN6O. The first kappa shape index (κ1) is 17.0. The molecule has 0 atom stereocenters. The number of nitrogens with zero attached hydrogens (tertiary/aromatic N) is 5. The molecule has 0 saturated carbocycles. The lowest BCUT2D eigenvalue weighted by atomic mass is 10.2. The zero-order chi connectivity index (χ0) is 17.8. The van der Waals surface area contributed by atoms with Crippen LogP contribution in [0.2, 0.25) is 5.02 Å². The van der Waals surface area contributed by atoms with Crippen molar-refractivity contribution < 1.29 is 4.79 Å². The molecule has 8 heteroatoms. The van der Waals surface area contributed by atoms with Gasteiger partial charge in [0, 0.05) is 16.4 Å². The third kappa shape index (κ3) is 4.60. The average Bonchev–Trinajstić information content (AvgIpc) is 3.02. The van der Waals surface area contributed by atoms with Crippen molar-refractivity contribution >= 4 is 17.5 Å². The molecular weight excluding hydrogens is 340 g/mol. The number of rotatable bonds is 5. The summed E-state index contributed by atoms with van der Waals surface area (Å²) < 4.78 is 1.60. The van der Waals surface area contributed by atoms with Crippen molar-refractivity contribution in [3.05, 3.63) is 70.0 Å². The molecule has 0 fully saturated rings. The van der Waals surface area contributed by atoms with Crippen LogP contribution in [0.25, 0.3) is 0 Å². The molecule has 0 unspecified atom stereocenters. The summed E-state index contributed by atoms with van der Waals surface area (Å²) in [4.78, 5) is 20.8. The van der Waals surface area contributed by atoms with Gasteiger partial charge in [0.1, 0.15) is 5.82 Å². The largest absolute Gasteiger partial charge is 0.343 e. The number of carbonyl (C=O) groups excluding carboxylic acids is 1. The molecule has 0 aliphatic rings. The lowest BCUT2D eigenvalue weighted by Gasteiger charge is -2.04. The van der Waals surface area contributed by atoms with Crippen molar-refractivity contribution in [3.63, 3.8) is 0 Å². The number of carbonyl (C=O) groups is 1. The van der Waals surface area contributed by atoms with E-state index in [4.69, 9.17) is 11.6 Å². The van der Waals surface area contributed by atoms with E-state index in [0.717, 1.165) is 17.0 Å². The summed E-state index contributed by atoms with van der Waals surface area (Å²) in [6.07, 6.45) is 1.60. The van der Waals surface area contributed by atoms with Gasteiger partial charge in [0.15, 0.2) is 5.69 Å².